The topological polar surface area (TPSA) is 73.0 Å². The molecule has 0 radical (unpaired) electrons. The molecular formula is C11H16N4O. The van der Waals surface area contributed by atoms with E-state index in [1.165, 1.54) is 0 Å². The molecule has 1 N–H and O–H groups in total. The number of aryl methyl sites for hydroxylation is 1. The van der Waals surface area contributed by atoms with E-state index in [4.69, 9.17) is 5.26 Å². The quantitative estimate of drug-likeness (QED) is 0.818. The molecule has 1 aromatic rings. The van der Waals surface area contributed by atoms with Gasteiger partial charge < -0.3 is 10.0 Å². The van der Waals surface area contributed by atoms with Gasteiger partial charge in [-0.2, -0.15) is 5.26 Å². The molecule has 1 aromatic heterocycles. The number of aromatic nitrogens is 2. The summed E-state index contributed by atoms with van der Waals surface area (Å²) in [6, 6.07) is 3.62. The zero-order chi connectivity index (χ0) is 12.3. The van der Waals surface area contributed by atoms with Crippen LogP contribution in [-0.2, 0) is 0 Å². The molecule has 0 atom stereocenters. The van der Waals surface area contributed by atoms with E-state index in [1.54, 1.807) is 18.0 Å². The van der Waals surface area contributed by atoms with E-state index in [2.05, 4.69) is 9.97 Å². The lowest BCUT2D eigenvalue weighted by Crippen LogP contribution is -2.45. The van der Waals surface area contributed by atoms with Crippen LogP contribution < -0.4 is 4.90 Å². The summed E-state index contributed by atoms with van der Waals surface area (Å²) in [5.41, 5.74) is 0.616. The maximum absolute atomic E-state index is 9.26. The molecule has 1 heterocycles. The third-order valence-corrected chi connectivity index (χ3v) is 2.55. The lowest BCUT2D eigenvalue weighted by atomic mass is 10.1. The van der Waals surface area contributed by atoms with Crippen LogP contribution in [0, 0.1) is 18.3 Å². The minimum absolute atomic E-state index is 0.0112. The summed E-state index contributed by atoms with van der Waals surface area (Å²) in [4.78, 5) is 10.1. The second-order valence-electron chi connectivity index (χ2n) is 4.34. The highest BCUT2D eigenvalue weighted by Gasteiger charge is 2.25. The molecule has 0 unspecified atom stereocenters. The van der Waals surface area contributed by atoms with Crippen LogP contribution in [0.2, 0.25) is 0 Å². The van der Waals surface area contributed by atoms with Gasteiger partial charge in [0.1, 0.15) is 11.8 Å². The van der Waals surface area contributed by atoms with E-state index < -0.39 is 5.54 Å². The minimum atomic E-state index is -0.458. The van der Waals surface area contributed by atoms with Gasteiger partial charge in [-0.3, -0.25) is 0 Å². The number of hydrogen-bond donors (Lipinski definition) is 1. The van der Waals surface area contributed by atoms with Gasteiger partial charge in [-0.05, 0) is 26.8 Å². The van der Waals surface area contributed by atoms with Crippen LogP contribution in [0.15, 0.2) is 6.07 Å². The Morgan fingerprint density at radius 1 is 1.50 bits per heavy atom. The molecule has 0 amide bonds. The van der Waals surface area contributed by atoms with Crippen molar-refractivity contribution in [2.45, 2.75) is 26.3 Å². The predicted molar refractivity (Wildman–Crippen MR) is 61.1 cm³/mol. The summed E-state index contributed by atoms with van der Waals surface area (Å²) in [6.07, 6.45) is 0. The zero-order valence-corrected chi connectivity index (χ0v) is 10.0. The first kappa shape index (κ1) is 12.4. The molecule has 0 saturated heterocycles. The number of nitriles is 1. The smallest absolute Gasteiger partial charge is 0.227 e. The Kier molecular flexibility index (Phi) is 3.45. The highest BCUT2D eigenvalue weighted by Crippen LogP contribution is 2.18. The molecule has 0 aliphatic carbocycles. The minimum Gasteiger partial charge on any atom is -0.394 e. The fourth-order valence-electron chi connectivity index (χ4n) is 1.14. The Labute approximate surface area is 95.4 Å². The van der Waals surface area contributed by atoms with Crippen LogP contribution in [0.4, 0.5) is 5.95 Å². The molecule has 0 bridgehead atoms. The van der Waals surface area contributed by atoms with Crippen molar-refractivity contribution in [1.29, 1.82) is 5.26 Å². The number of aliphatic hydroxyl groups is 1. The van der Waals surface area contributed by atoms with Crippen LogP contribution >= 0.6 is 0 Å². The van der Waals surface area contributed by atoms with E-state index in [-0.39, 0.29) is 6.61 Å². The largest absolute Gasteiger partial charge is 0.394 e. The lowest BCUT2D eigenvalue weighted by Gasteiger charge is -2.33. The van der Waals surface area contributed by atoms with Gasteiger partial charge >= 0.3 is 0 Å². The van der Waals surface area contributed by atoms with Crippen LogP contribution in [0.1, 0.15) is 25.2 Å². The normalized spacial score (nSPS) is 11.0. The maximum Gasteiger partial charge on any atom is 0.227 e. The highest BCUT2D eigenvalue weighted by atomic mass is 16.3. The number of hydrogen-bond acceptors (Lipinski definition) is 5. The number of rotatable bonds is 3. The van der Waals surface area contributed by atoms with Crippen molar-refractivity contribution in [3.8, 4) is 6.07 Å². The Morgan fingerprint density at radius 2 is 2.12 bits per heavy atom. The van der Waals surface area contributed by atoms with Crippen molar-refractivity contribution in [1.82, 2.24) is 9.97 Å². The Morgan fingerprint density at radius 3 is 2.62 bits per heavy atom. The molecule has 5 nitrogen and oxygen atoms in total. The Balaban J connectivity index is 3.14. The van der Waals surface area contributed by atoms with Crippen LogP contribution in [0.5, 0.6) is 0 Å². The van der Waals surface area contributed by atoms with Gasteiger partial charge in [-0.1, -0.05) is 0 Å². The monoisotopic (exact) mass is 220 g/mol. The number of aliphatic hydroxyl groups excluding tert-OH is 1. The van der Waals surface area contributed by atoms with Gasteiger partial charge in [-0.25, -0.2) is 9.97 Å². The lowest BCUT2D eigenvalue weighted by molar-refractivity contribution is 0.215. The fraction of sp³-hybridized carbons (Fsp3) is 0.545. The maximum atomic E-state index is 9.26. The molecule has 0 saturated carbocycles. The second kappa shape index (κ2) is 4.45. The zero-order valence-electron chi connectivity index (χ0n) is 10.0. The summed E-state index contributed by atoms with van der Waals surface area (Å²) in [5, 5.41) is 18.1. The molecular weight excluding hydrogens is 204 g/mol. The van der Waals surface area contributed by atoms with Gasteiger partial charge in [0, 0.05) is 12.7 Å². The van der Waals surface area contributed by atoms with Crippen molar-refractivity contribution in [3.05, 3.63) is 17.5 Å². The Bertz CT molecular complexity index is 422. The van der Waals surface area contributed by atoms with Gasteiger partial charge in [0.15, 0.2) is 0 Å². The van der Waals surface area contributed by atoms with E-state index in [9.17, 15) is 5.11 Å². The van der Waals surface area contributed by atoms with Gasteiger partial charge in [0.2, 0.25) is 5.95 Å². The summed E-state index contributed by atoms with van der Waals surface area (Å²) >= 11 is 0. The van der Waals surface area contributed by atoms with Crippen LogP contribution in [0.3, 0.4) is 0 Å². The standard InChI is InChI=1S/C11H16N4O/c1-8-5-9(6-12)14-10(13-8)15(4)11(2,3)7-16/h5,16H,7H2,1-4H3. The predicted octanol–water partition coefficient (Wildman–Crippen LogP) is 0.864. The molecule has 0 aromatic carbocycles. The molecule has 86 valence electrons. The van der Waals surface area contributed by atoms with Crippen LogP contribution in [0.25, 0.3) is 0 Å². The summed E-state index contributed by atoms with van der Waals surface area (Å²) < 4.78 is 0. The first-order valence-corrected chi connectivity index (χ1v) is 5.01. The fourth-order valence-corrected chi connectivity index (χ4v) is 1.14. The van der Waals surface area contributed by atoms with Crippen molar-refractivity contribution in [2.24, 2.45) is 0 Å². The summed E-state index contributed by atoms with van der Waals surface area (Å²) in [5.74, 6) is 0.454. The molecule has 0 aliphatic heterocycles. The van der Waals surface area contributed by atoms with Crippen molar-refractivity contribution >= 4 is 5.95 Å². The number of anilines is 1. The highest BCUT2D eigenvalue weighted by molar-refractivity contribution is 5.37. The van der Waals surface area contributed by atoms with Crippen molar-refractivity contribution < 1.29 is 5.11 Å². The Hall–Kier alpha value is -1.67. The molecule has 0 spiro atoms. The third-order valence-electron chi connectivity index (χ3n) is 2.55. The van der Waals surface area contributed by atoms with Crippen molar-refractivity contribution in [3.63, 3.8) is 0 Å². The third kappa shape index (κ3) is 2.47. The summed E-state index contributed by atoms with van der Waals surface area (Å²) in [6.45, 7) is 5.56. The molecule has 5 heteroatoms. The van der Waals surface area contributed by atoms with E-state index in [1.807, 2.05) is 26.8 Å². The summed E-state index contributed by atoms with van der Waals surface area (Å²) in [7, 11) is 1.80. The van der Waals surface area contributed by atoms with Crippen molar-refractivity contribution in [2.75, 3.05) is 18.6 Å². The molecule has 0 fully saturated rings. The average Bonchev–Trinajstić information content (AvgIpc) is 2.27. The molecule has 16 heavy (non-hydrogen) atoms. The first-order chi connectivity index (χ1) is 7.40. The molecule has 0 aliphatic rings. The average molecular weight is 220 g/mol. The van der Waals surface area contributed by atoms with E-state index >= 15 is 0 Å². The number of nitrogens with zero attached hydrogens (tertiary/aromatic N) is 4. The van der Waals surface area contributed by atoms with E-state index in [0.29, 0.717) is 11.6 Å². The van der Waals surface area contributed by atoms with E-state index in [0.717, 1.165) is 5.69 Å². The van der Waals surface area contributed by atoms with Gasteiger partial charge in [-0.15, -0.1) is 0 Å². The van der Waals surface area contributed by atoms with Gasteiger partial charge in [0.05, 0.1) is 12.1 Å². The first-order valence-electron chi connectivity index (χ1n) is 5.01. The van der Waals surface area contributed by atoms with Gasteiger partial charge in [0.25, 0.3) is 0 Å². The number of likely N-dealkylation sites (N-methyl/N-ethyl adjacent to an activating group) is 1. The SMILES string of the molecule is Cc1cc(C#N)nc(N(C)C(C)(C)CO)n1. The second-order valence-corrected chi connectivity index (χ2v) is 4.34. The van der Waals surface area contributed by atoms with Crippen LogP contribution in [-0.4, -0.2) is 34.3 Å². The molecule has 1 rings (SSSR count).